The maximum atomic E-state index is 14.3. The first-order chi connectivity index (χ1) is 15.8. The van der Waals surface area contributed by atoms with Crippen LogP contribution in [0.25, 0.3) is 0 Å². The number of halogens is 1. The van der Waals surface area contributed by atoms with Crippen LogP contribution in [-0.2, 0) is 11.3 Å². The Bertz CT molecular complexity index is 1230. The van der Waals surface area contributed by atoms with E-state index in [4.69, 9.17) is 9.73 Å². The number of anilines is 1. The SMILES string of the molecule is COc1cccc(N2C3=NC4C(C(=O)N(Cc5ccccc5F)C(=O)N4C)N3C(C)=C2C)c1. The lowest BCUT2D eigenvalue weighted by molar-refractivity contribution is -0.137. The number of allylic oxidation sites excluding steroid dienone is 2. The second kappa shape index (κ2) is 7.61. The van der Waals surface area contributed by atoms with Gasteiger partial charge in [0.2, 0.25) is 5.96 Å². The molecule has 2 aromatic rings. The number of amides is 3. The number of rotatable bonds is 4. The van der Waals surface area contributed by atoms with Crippen molar-refractivity contribution in [3.05, 3.63) is 71.3 Å². The number of hydrogen-bond donors (Lipinski definition) is 0. The van der Waals surface area contributed by atoms with E-state index in [0.717, 1.165) is 22.0 Å². The van der Waals surface area contributed by atoms with Crippen molar-refractivity contribution in [1.29, 1.82) is 0 Å². The summed E-state index contributed by atoms with van der Waals surface area (Å²) in [5.74, 6) is 0.425. The number of benzene rings is 2. The van der Waals surface area contributed by atoms with Gasteiger partial charge in [-0.15, -0.1) is 0 Å². The van der Waals surface area contributed by atoms with Gasteiger partial charge in [-0.25, -0.2) is 14.2 Å². The number of aliphatic imine (C=N–C) groups is 1. The van der Waals surface area contributed by atoms with Gasteiger partial charge in [0, 0.05) is 30.1 Å². The number of carbonyl (C=O) groups excluding carboxylic acids is 2. The van der Waals surface area contributed by atoms with Crippen molar-refractivity contribution >= 4 is 23.6 Å². The molecular formula is C24H24FN5O3. The molecule has 0 saturated carbocycles. The Morgan fingerprint density at radius 1 is 1.06 bits per heavy atom. The Kier molecular flexibility index (Phi) is 4.84. The number of likely N-dealkylation sites (N-methyl/N-ethyl adjacent to an activating group) is 1. The number of fused-ring (bicyclic) bond motifs is 3. The van der Waals surface area contributed by atoms with Gasteiger partial charge in [-0.3, -0.25) is 19.5 Å². The molecule has 33 heavy (non-hydrogen) atoms. The molecule has 0 spiro atoms. The lowest BCUT2D eigenvalue weighted by Gasteiger charge is -2.40. The molecule has 2 aromatic carbocycles. The van der Waals surface area contributed by atoms with E-state index >= 15 is 0 Å². The summed E-state index contributed by atoms with van der Waals surface area (Å²) in [6.45, 7) is 3.75. The van der Waals surface area contributed by atoms with Crippen LogP contribution in [0.15, 0.2) is 64.9 Å². The zero-order valence-electron chi connectivity index (χ0n) is 18.8. The summed E-state index contributed by atoms with van der Waals surface area (Å²) in [4.78, 5) is 37.9. The van der Waals surface area contributed by atoms with Crippen molar-refractivity contribution in [1.82, 2.24) is 14.7 Å². The molecule has 9 heteroatoms. The Labute approximate surface area is 191 Å². The van der Waals surface area contributed by atoms with E-state index in [2.05, 4.69) is 0 Å². The molecule has 8 nitrogen and oxygen atoms in total. The number of carbonyl (C=O) groups is 2. The standard InChI is InChI=1S/C24H24FN5O3/c1-14-15(2)30-20-21(26-23(30)29(14)17-9-7-10-18(12-17)33-4)27(3)24(32)28(22(20)31)13-16-8-5-6-11-19(16)25/h5-12,20-21H,13H2,1-4H3. The van der Waals surface area contributed by atoms with Crippen molar-refractivity contribution in [3.63, 3.8) is 0 Å². The summed E-state index contributed by atoms with van der Waals surface area (Å²) in [6.07, 6.45) is -0.673. The van der Waals surface area contributed by atoms with Crippen molar-refractivity contribution < 1.29 is 18.7 Å². The topological polar surface area (TPSA) is 68.7 Å². The van der Waals surface area contributed by atoms with Gasteiger partial charge in [-0.1, -0.05) is 24.3 Å². The molecule has 0 radical (unpaired) electrons. The molecule has 1 fully saturated rings. The summed E-state index contributed by atoms with van der Waals surface area (Å²) < 4.78 is 19.6. The Hall–Kier alpha value is -3.88. The number of nitrogens with zero attached hydrogens (tertiary/aromatic N) is 5. The monoisotopic (exact) mass is 449 g/mol. The van der Waals surface area contributed by atoms with E-state index in [1.165, 1.54) is 11.0 Å². The summed E-state index contributed by atoms with van der Waals surface area (Å²) in [5.41, 5.74) is 2.92. The van der Waals surface area contributed by atoms with Gasteiger partial charge in [-0.2, -0.15) is 0 Å². The molecule has 0 aromatic heterocycles. The largest absolute Gasteiger partial charge is 0.497 e. The van der Waals surface area contributed by atoms with Crippen molar-refractivity contribution in [3.8, 4) is 5.75 Å². The van der Waals surface area contributed by atoms with Gasteiger partial charge in [0.25, 0.3) is 5.91 Å². The third kappa shape index (κ3) is 3.06. The molecular weight excluding hydrogens is 425 g/mol. The van der Waals surface area contributed by atoms with Crippen LogP contribution >= 0.6 is 0 Å². The highest BCUT2D eigenvalue weighted by molar-refractivity contribution is 6.10. The van der Waals surface area contributed by atoms with E-state index < -0.39 is 30.0 Å². The smallest absolute Gasteiger partial charge is 0.328 e. The molecule has 3 amide bonds. The predicted octanol–water partition coefficient (Wildman–Crippen LogP) is 3.37. The fourth-order valence-corrected chi connectivity index (χ4v) is 4.61. The minimum atomic E-state index is -0.722. The normalized spacial score (nSPS) is 22.2. The van der Waals surface area contributed by atoms with Crippen molar-refractivity contribution in [2.45, 2.75) is 32.6 Å². The summed E-state index contributed by atoms with van der Waals surface area (Å²) >= 11 is 0. The highest BCUT2D eigenvalue weighted by atomic mass is 19.1. The molecule has 0 aliphatic carbocycles. The Morgan fingerprint density at radius 3 is 2.55 bits per heavy atom. The third-order valence-electron chi connectivity index (χ3n) is 6.49. The zero-order chi connectivity index (χ0) is 23.4. The summed E-state index contributed by atoms with van der Waals surface area (Å²) in [6, 6.07) is 12.5. The van der Waals surface area contributed by atoms with E-state index in [1.807, 2.05) is 47.9 Å². The molecule has 1 saturated heterocycles. The molecule has 2 atom stereocenters. The van der Waals surface area contributed by atoms with E-state index in [0.29, 0.717) is 11.7 Å². The molecule has 0 N–H and O–H groups in total. The number of hydrogen-bond acceptors (Lipinski definition) is 6. The van der Waals surface area contributed by atoms with E-state index in [1.54, 1.807) is 32.4 Å². The Balaban J connectivity index is 1.52. The van der Waals surface area contributed by atoms with Crippen LogP contribution in [0.4, 0.5) is 14.9 Å². The highest BCUT2D eigenvalue weighted by Gasteiger charge is 2.56. The predicted molar refractivity (Wildman–Crippen MR) is 121 cm³/mol. The molecule has 3 heterocycles. The van der Waals surface area contributed by atoms with Gasteiger partial charge in [0.1, 0.15) is 11.6 Å². The van der Waals surface area contributed by atoms with Crippen LogP contribution in [0.3, 0.4) is 0 Å². The van der Waals surface area contributed by atoms with Crippen LogP contribution in [0.2, 0.25) is 0 Å². The van der Waals surface area contributed by atoms with Gasteiger partial charge in [-0.05, 0) is 32.0 Å². The molecule has 3 aliphatic heterocycles. The van der Waals surface area contributed by atoms with Crippen LogP contribution in [0.5, 0.6) is 5.75 Å². The number of imide groups is 1. The number of methoxy groups -OCH3 is 1. The quantitative estimate of drug-likeness (QED) is 0.716. The second-order valence-electron chi connectivity index (χ2n) is 8.27. The molecule has 0 bridgehead atoms. The Morgan fingerprint density at radius 2 is 1.82 bits per heavy atom. The first-order valence-corrected chi connectivity index (χ1v) is 10.6. The molecule has 170 valence electrons. The minimum Gasteiger partial charge on any atom is -0.497 e. The third-order valence-corrected chi connectivity index (χ3v) is 6.49. The lowest BCUT2D eigenvalue weighted by atomic mass is 10.1. The maximum absolute atomic E-state index is 14.3. The summed E-state index contributed by atoms with van der Waals surface area (Å²) in [5, 5.41) is 0. The minimum absolute atomic E-state index is 0.136. The van der Waals surface area contributed by atoms with E-state index in [9.17, 15) is 14.0 Å². The number of urea groups is 1. The van der Waals surface area contributed by atoms with Gasteiger partial charge in [0.05, 0.1) is 19.3 Å². The van der Waals surface area contributed by atoms with E-state index in [-0.39, 0.29) is 12.1 Å². The van der Waals surface area contributed by atoms with Gasteiger partial charge < -0.3 is 9.64 Å². The van der Waals surface area contributed by atoms with Crippen LogP contribution < -0.4 is 9.64 Å². The average Bonchev–Trinajstić information content (AvgIpc) is 3.31. The second-order valence-corrected chi connectivity index (χ2v) is 8.27. The lowest BCUT2D eigenvalue weighted by Crippen LogP contribution is -2.64. The van der Waals surface area contributed by atoms with Crippen LogP contribution in [0.1, 0.15) is 19.4 Å². The first-order valence-electron chi connectivity index (χ1n) is 10.6. The highest BCUT2D eigenvalue weighted by Crippen LogP contribution is 2.40. The zero-order valence-corrected chi connectivity index (χ0v) is 18.8. The number of ether oxygens (including phenoxy) is 1. The van der Waals surface area contributed by atoms with Crippen LogP contribution in [-0.4, -0.2) is 59.0 Å². The average molecular weight is 449 g/mol. The van der Waals surface area contributed by atoms with Gasteiger partial charge >= 0.3 is 6.03 Å². The fraction of sp³-hybridized carbons (Fsp3) is 0.292. The summed E-state index contributed by atoms with van der Waals surface area (Å²) in [7, 11) is 3.23. The first kappa shape index (κ1) is 21.0. The number of guanidine groups is 1. The maximum Gasteiger partial charge on any atom is 0.328 e. The molecule has 3 aliphatic rings. The molecule has 5 rings (SSSR count). The molecule has 2 unspecified atom stereocenters. The van der Waals surface area contributed by atoms with Crippen LogP contribution in [0, 0.1) is 5.82 Å². The van der Waals surface area contributed by atoms with Gasteiger partial charge in [0.15, 0.2) is 12.2 Å². The van der Waals surface area contributed by atoms with Crippen molar-refractivity contribution in [2.24, 2.45) is 4.99 Å². The fourth-order valence-electron chi connectivity index (χ4n) is 4.61. The van der Waals surface area contributed by atoms with Crippen molar-refractivity contribution in [2.75, 3.05) is 19.1 Å².